The highest BCUT2D eigenvalue weighted by molar-refractivity contribution is 5.92. The quantitative estimate of drug-likeness (QED) is 0.839. The molecule has 2 aliphatic carbocycles. The Kier molecular flexibility index (Phi) is 4.28. The monoisotopic (exact) mass is 317 g/mol. The predicted octanol–water partition coefficient (Wildman–Crippen LogP) is 4.17. The molecule has 1 heterocycles. The predicted molar refractivity (Wildman–Crippen MR) is 92.7 cm³/mol. The summed E-state index contributed by atoms with van der Waals surface area (Å²) in [4.78, 5) is 14.9. The van der Waals surface area contributed by atoms with E-state index in [1.807, 2.05) is 18.0 Å². The molecule has 0 atom stereocenters. The topological polar surface area (TPSA) is 38.1 Å². The van der Waals surface area contributed by atoms with Crippen molar-refractivity contribution in [2.24, 2.45) is 5.92 Å². The molecule has 0 unspecified atom stereocenters. The second-order valence-corrected chi connectivity index (χ2v) is 8.64. The Balaban J connectivity index is 1.79. The van der Waals surface area contributed by atoms with Crippen LogP contribution in [0.3, 0.4) is 0 Å². The summed E-state index contributed by atoms with van der Waals surface area (Å²) in [6.07, 6.45) is 7.16. The summed E-state index contributed by atoms with van der Waals surface area (Å²) in [6.45, 7) is 8.79. The van der Waals surface area contributed by atoms with Gasteiger partial charge in [0.15, 0.2) is 5.69 Å². The molecule has 4 heteroatoms. The fraction of sp³-hybridized carbons (Fsp3) is 0.789. The van der Waals surface area contributed by atoms with Crippen molar-refractivity contribution in [1.29, 1.82) is 0 Å². The highest BCUT2D eigenvalue weighted by atomic mass is 16.2. The molecule has 0 aromatic carbocycles. The van der Waals surface area contributed by atoms with E-state index >= 15 is 0 Å². The standard InChI is InChI=1S/C19H31N3O/c1-13-6-10-15(11-7-13)21(5)18(23)16-12-17(14-8-9-14)22(20-16)19(2,3)4/h12-15H,6-11H2,1-5H3. The van der Waals surface area contributed by atoms with E-state index in [1.165, 1.54) is 31.4 Å². The summed E-state index contributed by atoms with van der Waals surface area (Å²) in [7, 11) is 1.95. The molecular formula is C19H31N3O. The molecule has 0 bridgehead atoms. The maximum atomic E-state index is 12.9. The lowest BCUT2D eigenvalue weighted by Crippen LogP contribution is -2.39. The van der Waals surface area contributed by atoms with Crippen molar-refractivity contribution >= 4 is 5.91 Å². The van der Waals surface area contributed by atoms with E-state index in [0.717, 1.165) is 18.8 Å². The van der Waals surface area contributed by atoms with E-state index < -0.39 is 0 Å². The first kappa shape index (κ1) is 16.5. The van der Waals surface area contributed by atoms with Gasteiger partial charge in [0.05, 0.1) is 5.54 Å². The zero-order valence-electron chi connectivity index (χ0n) is 15.3. The van der Waals surface area contributed by atoms with Gasteiger partial charge in [-0.2, -0.15) is 5.10 Å². The maximum Gasteiger partial charge on any atom is 0.274 e. The summed E-state index contributed by atoms with van der Waals surface area (Å²) in [5.41, 5.74) is 1.80. The Morgan fingerprint density at radius 3 is 2.30 bits per heavy atom. The van der Waals surface area contributed by atoms with Crippen molar-refractivity contribution < 1.29 is 4.79 Å². The van der Waals surface area contributed by atoms with Gasteiger partial charge in [0.1, 0.15) is 0 Å². The molecule has 1 aromatic rings. The molecule has 0 spiro atoms. The lowest BCUT2D eigenvalue weighted by Gasteiger charge is -2.33. The summed E-state index contributed by atoms with van der Waals surface area (Å²) in [6, 6.07) is 2.43. The van der Waals surface area contributed by atoms with Crippen LogP contribution in [0.15, 0.2) is 6.07 Å². The molecule has 1 aromatic heterocycles. The fourth-order valence-electron chi connectivity index (χ4n) is 3.68. The Bertz CT molecular complexity index is 572. The van der Waals surface area contributed by atoms with Gasteiger partial charge in [-0.05, 0) is 71.3 Å². The van der Waals surface area contributed by atoms with E-state index in [2.05, 4.69) is 32.4 Å². The van der Waals surface area contributed by atoms with Crippen LogP contribution in [0.5, 0.6) is 0 Å². The Hall–Kier alpha value is -1.32. The SMILES string of the molecule is CC1CCC(N(C)C(=O)c2cc(C3CC3)n(C(C)(C)C)n2)CC1. The third-order valence-corrected chi connectivity index (χ3v) is 5.44. The summed E-state index contributed by atoms with van der Waals surface area (Å²) in [5, 5.41) is 4.70. The van der Waals surface area contributed by atoms with Crippen LogP contribution < -0.4 is 0 Å². The van der Waals surface area contributed by atoms with E-state index in [1.54, 1.807) is 0 Å². The number of aromatic nitrogens is 2. The van der Waals surface area contributed by atoms with Crippen LogP contribution in [0.1, 0.15) is 88.3 Å². The average molecular weight is 317 g/mol. The minimum Gasteiger partial charge on any atom is -0.337 e. The highest BCUT2D eigenvalue weighted by Gasteiger charge is 2.34. The summed E-state index contributed by atoms with van der Waals surface area (Å²) < 4.78 is 2.08. The molecule has 2 aliphatic rings. The van der Waals surface area contributed by atoms with E-state index in [0.29, 0.717) is 17.7 Å². The number of carbonyl (C=O) groups excluding carboxylic acids is 1. The number of rotatable bonds is 3. The van der Waals surface area contributed by atoms with Crippen LogP contribution in [-0.4, -0.2) is 33.7 Å². The lowest BCUT2D eigenvalue weighted by atomic mass is 9.86. The fourth-order valence-corrected chi connectivity index (χ4v) is 3.68. The third kappa shape index (κ3) is 3.46. The molecule has 0 radical (unpaired) electrons. The maximum absolute atomic E-state index is 12.9. The van der Waals surface area contributed by atoms with Crippen LogP contribution in [0, 0.1) is 5.92 Å². The molecule has 0 aliphatic heterocycles. The van der Waals surface area contributed by atoms with Gasteiger partial charge < -0.3 is 4.90 Å². The van der Waals surface area contributed by atoms with Crippen LogP contribution in [0.4, 0.5) is 0 Å². The molecular weight excluding hydrogens is 286 g/mol. The summed E-state index contributed by atoms with van der Waals surface area (Å²) in [5.74, 6) is 1.50. The van der Waals surface area contributed by atoms with Gasteiger partial charge in [-0.15, -0.1) is 0 Å². The molecule has 23 heavy (non-hydrogen) atoms. The Morgan fingerprint density at radius 2 is 1.78 bits per heavy atom. The van der Waals surface area contributed by atoms with E-state index in [9.17, 15) is 4.79 Å². The zero-order valence-corrected chi connectivity index (χ0v) is 15.3. The molecule has 1 amide bonds. The number of carbonyl (C=O) groups is 1. The van der Waals surface area contributed by atoms with Crippen LogP contribution in [0.2, 0.25) is 0 Å². The van der Waals surface area contributed by atoms with Crippen LogP contribution in [0.25, 0.3) is 0 Å². The minimum atomic E-state index is -0.0741. The summed E-state index contributed by atoms with van der Waals surface area (Å²) >= 11 is 0. The van der Waals surface area contributed by atoms with Crippen LogP contribution >= 0.6 is 0 Å². The number of nitrogens with zero attached hydrogens (tertiary/aromatic N) is 3. The molecule has 2 fully saturated rings. The number of amides is 1. The van der Waals surface area contributed by atoms with E-state index in [4.69, 9.17) is 5.10 Å². The van der Waals surface area contributed by atoms with Crippen molar-refractivity contribution in [3.05, 3.63) is 17.5 Å². The zero-order chi connectivity index (χ0) is 16.8. The van der Waals surface area contributed by atoms with Crippen molar-refractivity contribution in [1.82, 2.24) is 14.7 Å². The number of hydrogen-bond donors (Lipinski definition) is 0. The average Bonchev–Trinajstić information content (AvgIpc) is 3.23. The van der Waals surface area contributed by atoms with Crippen molar-refractivity contribution in [2.75, 3.05) is 7.05 Å². The van der Waals surface area contributed by atoms with Gasteiger partial charge in [0.2, 0.25) is 0 Å². The molecule has 2 saturated carbocycles. The molecule has 3 rings (SSSR count). The first-order valence-corrected chi connectivity index (χ1v) is 9.15. The molecule has 0 N–H and O–H groups in total. The Morgan fingerprint density at radius 1 is 1.17 bits per heavy atom. The highest BCUT2D eigenvalue weighted by Crippen LogP contribution is 2.42. The molecule has 128 valence electrons. The van der Waals surface area contributed by atoms with Gasteiger partial charge in [-0.1, -0.05) is 6.92 Å². The van der Waals surface area contributed by atoms with Gasteiger partial charge >= 0.3 is 0 Å². The first-order chi connectivity index (χ1) is 10.8. The van der Waals surface area contributed by atoms with Crippen LogP contribution in [-0.2, 0) is 5.54 Å². The first-order valence-electron chi connectivity index (χ1n) is 9.15. The van der Waals surface area contributed by atoms with Gasteiger partial charge in [0, 0.05) is 24.7 Å². The smallest absolute Gasteiger partial charge is 0.274 e. The van der Waals surface area contributed by atoms with Crippen molar-refractivity contribution in [3.63, 3.8) is 0 Å². The van der Waals surface area contributed by atoms with Crippen molar-refractivity contribution in [3.8, 4) is 0 Å². The molecule has 0 saturated heterocycles. The largest absolute Gasteiger partial charge is 0.337 e. The lowest BCUT2D eigenvalue weighted by molar-refractivity contribution is 0.0672. The normalized spacial score (nSPS) is 25.4. The van der Waals surface area contributed by atoms with Gasteiger partial charge in [-0.25, -0.2) is 0 Å². The minimum absolute atomic E-state index is 0.0741. The Labute approximate surface area is 140 Å². The third-order valence-electron chi connectivity index (χ3n) is 5.44. The molecule has 4 nitrogen and oxygen atoms in total. The second-order valence-electron chi connectivity index (χ2n) is 8.64. The van der Waals surface area contributed by atoms with Crippen molar-refractivity contribution in [2.45, 2.75) is 83.7 Å². The van der Waals surface area contributed by atoms with Gasteiger partial charge in [-0.3, -0.25) is 9.48 Å². The van der Waals surface area contributed by atoms with E-state index in [-0.39, 0.29) is 11.4 Å². The van der Waals surface area contributed by atoms with Gasteiger partial charge in [0.25, 0.3) is 5.91 Å². The number of hydrogen-bond acceptors (Lipinski definition) is 2. The second kappa shape index (κ2) is 5.95.